The zero-order valence-electron chi connectivity index (χ0n) is 18.7. The van der Waals surface area contributed by atoms with Gasteiger partial charge in [-0.25, -0.2) is 0 Å². The van der Waals surface area contributed by atoms with Crippen LogP contribution in [-0.2, 0) is 4.79 Å². The summed E-state index contributed by atoms with van der Waals surface area (Å²) in [5, 5.41) is 18.1. The minimum absolute atomic E-state index is 0.0486. The lowest BCUT2D eigenvalue weighted by atomic mass is 9.46. The monoisotopic (exact) mass is 391 g/mol. The topological polar surface area (TPSA) is 83.5 Å². The maximum atomic E-state index is 11.9. The van der Waals surface area contributed by atoms with Crippen molar-refractivity contribution < 1.29 is 15.0 Å². The molecule has 0 aromatic carbocycles. The second-order valence-electron chi connectivity index (χ2n) is 10.7. The molecule has 160 valence electrons. The predicted molar refractivity (Wildman–Crippen MR) is 115 cm³/mol. The van der Waals surface area contributed by atoms with Crippen molar-refractivity contribution in [3.05, 3.63) is 23.3 Å². The van der Waals surface area contributed by atoms with Gasteiger partial charge in [-0.1, -0.05) is 44.9 Å². The first kappa shape index (κ1) is 23.2. The van der Waals surface area contributed by atoms with E-state index in [9.17, 15) is 9.90 Å². The Morgan fingerprint density at radius 1 is 1.32 bits per heavy atom. The molecule has 3 aliphatic rings. The number of aliphatic carboxylic acids is 1. The molecule has 0 unspecified atom stereocenters. The first-order chi connectivity index (χ1) is 12.8. The van der Waals surface area contributed by atoms with Gasteiger partial charge in [0, 0.05) is 5.54 Å². The summed E-state index contributed by atoms with van der Waals surface area (Å²) in [5.41, 5.74) is 7.59. The zero-order valence-corrected chi connectivity index (χ0v) is 18.7. The molecule has 0 amide bonds. The van der Waals surface area contributed by atoms with Gasteiger partial charge in [-0.2, -0.15) is 0 Å². The Kier molecular flexibility index (Phi) is 6.87. The van der Waals surface area contributed by atoms with E-state index in [1.165, 1.54) is 12.0 Å². The van der Waals surface area contributed by atoms with E-state index in [2.05, 4.69) is 32.9 Å². The lowest BCUT2D eigenvalue weighted by Gasteiger charge is -2.57. The molecule has 0 saturated heterocycles. The first-order valence-electron chi connectivity index (χ1n) is 10.9. The third-order valence-electron chi connectivity index (χ3n) is 7.45. The van der Waals surface area contributed by atoms with Crippen LogP contribution in [0, 0.1) is 28.6 Å². The molecule has 0 heterocycles. The Hall–Kier alpha value is -1.13. The number of allylic oxidation sites excluding steroid dienone is 4. The van der Waals surface area contributed by atoms with E-state index in [0.717, 1.165) is 32.1 Å². The fraction of sp³-hybridized carbons (Fsp3) is 0.792. The number of carboxylic acid groups (broad SMARTS) is 1. The number of carbonyl (C=O) groups is 1. The average Bonchev–Trinajstić information content (AvgIpc) is 2.61. The molecule has 28 heavy (non-hydrogen) atoms. The van der Waals surface area contributed by atoms with Gasteiger partial charge in [0.2, 0.25) is 0 Å². The highest BCUT2D eigenvalue weighted by Crippen LogP contribution is 2.62. The number of hydrogen-bond acceptors (Lipinski definition) is 3. The Morgan fingerprint density at radius 2 is 1.93 bits per heavy atom. The summed E-state index contributed by atoms with van der Waals surface area (Å²) in [4.78, 5) is 11.9. The van der Waals surface area contributed by atoms with Crippen LogP contribution in [0.15, 0.2) is 23.3 Å². The maximum Gasteiger partial charge on any atom is 0.309 e. The molecule has 2 fully saturated rings. The predicted octanol–water partition coefficient (Wildman–Crippen LogP) is 4.92. The fourth-order valence-electron chi connectivity index (χ4n) is 5.67. The second-order valence-corrected chi connectivity index (χ2v) is 10.7. The number of nitrogens with two attached hydrogens (primary N) is 1. The van der Waals surface area contributed by atoms with Crippen LogP contribution in [0.2, 0.25) is 0 Å². The van der Waals surface area contributed by atoms with Crippen molar-refractivity contribution in [2.45, 2.75) is 85.6 Å². The third-order valence-corrected chi connectivity index (χ3v) is 7.45. The van der Waals surface area contributed by atoms with Crippen molar-refractivity contribution in [3.63, 3.8) is 0 Å². The van der Waals surface area contributed by atoms with Crippen molar-refractivity contribution in [2.24, 2.45) is 34.3 Å². The van der Waals surface area contributed by atoms with Crippen LogP contribution in [0.3, 0.4) is 0 Å². The number of aliphatic hydroxyl groups excluding tert-OH is 1. The highest BCUT2D eigenvalue weighted by Gasteiger charge is 2.57. The van der Waals surface area contributed by atoms with E-state index in [1.54, 1.807) is 19.4 Å². The summed E-state index contributed by atoms with van der Waals surface area (Å²) >= 11 is 0. The number of aliphatic hydroxyl groups is 1. The fourth-order valence-corrected chi connectivity index (χ4v) is 5.67. The number of rotatable bonds is 3. The van der Waals surface area contributed by atoms with E-state index in [-0.39, 0.29) is 12.0 Å². The van der Waals surface area contributed by atoms with Gasteiger partial charge in [0.25, 0.3) is 0 Å². The minimum Gasteiger partial charge on any atom is -0.481 e. The van der Waals surface area contributed by atoms with E-state index in [4.69, 9.17) is 10.8 Å². The molecule has 0 bridgehead atoms. The first-order valence-corrected chi connectivity index (χ1v) is 10.9. The summed E-state index contributed by atoms with van der Waals surface area (Å²) in [5.74, 6) is 0.898. The van der Waals surface area contributed by atoms with Gasteiger partial charge in [0.05, 0.1) is 12.0 Å². The van der Waals surface area contributed by atoms with Crippen molar-refractivity contribution in [1.29, 1.82) is 0 Å². The highest BCUT2D eigenvalue weighted by molar-refractivity contribution is 5.75. The molecule has 4 nitrogen and oxygen atoms in total. The Balaban J connectivity index is 0.000000409. The van der Waals surface area contributed by atoms with Crippen LogP contribution in [0.4, 0.5) is 0 Å². The lowest BCUT2D eigenvalue weighted by Crippen LogP contribution is -2.53. The molecule has 0 aromatic heterocycles. The van der Waals surface area contributed by atoms with E-state index < -0.39 is 16.9 Å². The molecule has 4 N–H and O–H groups in total. The van der Waals surface area contributed by atoms with Crippen molar-refractivity contribution in [2.75, 3.05) is 6.61 Å². The van der Waals surface area contributed by atoms with Crippen molar-refractivity contribution in [3.8, 4) is 0 Å². The average molecular weight is 392 g/mol. The molecule has 4 atom stereocenters. The second kappa shape index (κ2) is 8.31. The Bertz CT molecular complexity index is 643. The van der Waals surface area contributed by atoms with Gasteiger partial charge >= 0.3 is 5.97 Å². The summed E-state index contributed by atoms with van der Waals surface area (Å²) in [6, 6.07) is 0. The largest absolute Gasteiger partial charge is 0.481 e. The zero-order chi connectivity index (χ0) is 21.3. The Labute approximate surface area is 171 Å². The SMILES string of the molecule is CC(C)(N)CO.CC(C)C1=CC[C@H]2C(=C1)CC[C@@H]1[C@]2(C)CCC[C@@]1(C)C(=O)O. The van der Waals surface area contributed by atoms with Crippen molar-refractivity contribution in [1.82, 2.24) is 0 Å². The standard InChI is InChI=1S/C20H30O2.C4H11NO/c1-13(2)14-6-8-16-15(12-14)7-9-17-19(16,3)10-5-11-20(17,4)18(21)22;1-4(2,5)3-6/h6,12-13,16-17H,5,7-11H2,1-4H3,(H,21,22);6H,3,5H2,1-2H3/t16-,17+,19+,20+;/m0./s1. The Morgan fingerprint density at radius 3 is 2.43 bits per heavy atom. The van der Waals surface area contributed by atoms with Crippen LogP contribution >= 0.6 is 0 Å². The quantitative estimate of drug-likeness (QED) is 0.637. The maximum absolute atomic E-state index is 11.9. The van der Waals surface area contributed by atoms with Crippen molar-refractivity contribution >= 4 is 5.97 Å². The van der Waals surface area contributed by atoms with Gasteiger partial charge in [-0.05, 0) is 81.6 Å². The molecule has 3 aliphatic carbocycles. The highest BCUT2D eigenvalue weighted by atomic mass is 16.4. The number of carboxylic acids is 1. The normalized spacial score (nSPS) is 35.0. The molecule has 0 aromatic rings. The van der Waals surface area contributed by atoms with Crippen LogP contribution < -0.4 is 5.73 Å². The van der Waals surface area contributed by atoms with Gasteiger partial charge in [-0.15, -0.1) is 0 Å². The van der Waals surface area contributed by atoms with E-state index >= 15 is 0 Å². The van der Waals surface area contributed by atoms with Crippen LogP contribution in [0.1, 0.15) is 80.1 Å². The molecule has 0 spiro atoms. The summed E-state index contributed by atoms with van der Waals surface area (Å²) in [6.45, 7) is 12.5. The smallest absolute Gasteiger partial charge is 0.309 e. The van der Waals surface area contributed by atoms with Crippen LogP contribution in [-0.4, -0.2) is 28.3 Å². The van der Waals surface area contributed by atoms with Gasteiger partial charge in [0.15, 0.2) is 0 Å². The summed E-state index contributed by atoms with van der Waals surface area (Å²) < 4.78 is 0. The van der Waals surface area contributed by atoms with Gasteiger partial charge in [0.1, 0.15) is 0 Å². The van der Waals surface area contributed by atoms with Gasteiger partial charge in [-0.3, -0.25) is 4.79 Å². The number of fused-ring (bicyclic) bond motifs is 3. The lowest BCUT2D eigenvalue weighted by molar-refractivity contribution is -0.164. The molecule has 4 heteroatoms. The van der Waals surface area contributed by atoms with Crippen LogP contribution in [0.25, 0.3) is 0 Å². The molecule has 0 aliphatic heterocycles. The molecular weight excluding hydrogens is 350 g/mol. The van der Waals surface area contributed by atoms with E-state index in [1.807, 2.05) is 6.92 Å². The summed E-state index contributed by atoms with van der Waals surface area (Å²) in [7, 11) is 0. The third kappa shape index (κ3) is 4.54. The molecule has 3 rings (SSSR count). The molecule has 0 radical (unpaired) electrons. The van der Waals surface area contributed by atoms with Crippen LogP contribution in [0.5, 0.6) is 0 Å². The van der Waals surface area contributed by atoms with Gasteiger partial charge < -0.3 is 15.9 Å². The molecule has 2 saturated carbocycles. The van der Waals surface area contributed by atoms with E-state index in [0.29, 0.717) is 17.8 Å². The summed E-state index contributed by atoms with van der Waals surface area (Å²) in [6.07, 6.45) is 11.2. The number of hydrogen-bond donors (Lipinski definition) is 3. The minimum atomic E-state index is -0.579. The molecular formula is C24H41NO3.